The number of sulfonamides is 1. The molecule has 26 heavy (non-hydrogen) atoms. The lowest BCUT2D eigenvalue weighted by Crippen LogP contribution is -2.23. The van der Waals surface area contributed by atoms with Gasteiger partial charge in [0, 0.05) is 10.6 Å². The number of nitrogens with zero attached hydrogens (tertiary/aromatic N) is 2. The molecular formula is C18H16ClN3O3S. The molecule has 0 aliphatic heterocycles. The average Bonchev–Trinajstić information content (AvgIpc) is 2.67. The number of aromatic nitrogens is 2. The maximum atomic E-state index is 12.4. The maximum absolute atomic E-state index is 12.4. The summed E-state index contributed by atoms with van der Waals surface area (Å²) in [6.45, 7) is 0.0422. The van der Waals surface area contributed by atoms with E-state index >= 15 is 0 Å². The fourth-order valence-electron chi connectivity index (χ4n) is 2.30. The third kappa shape index (κ3) is 4.37. The van der Waals surface area contributed by atoms with Gasteiger partial charge in [-0.15, -0.1) is 0 Å². The number of ether oxygens (including phenoxy) is 1. The van der Waals surface area contributed by atoms with E-state index in [1.54, 1.807) is 25.3 Å². The van der Waals surface area contributed by atoms with Gasteiger partial charge < -0.3 is 4.74 Å². The Hall–Kier alpha value is -2.48. The first kappa shape index (κ1) is 18.3. The minimum Gasteiger partial charge on any atom is -0.497 e. The van der Waals surface area contributed by atoms with Crippen molar-refractivity contribution in [1.82, 2.24) is 14.7 Å². The molecule has 0 atom stereocenters. The summed E-state index contributed by atoms with van der Waals surface area (Å²) in [7, 11) is -2.08. The molecule has 0 aliphatic rings. The van der Waals surface area contributed by atoms with Crippen molar-refractivity contribution >= 4 is 21.6 Å². The molecule has 6 nitrogen and oxygen atoms in total. The van der Waals surface area contributed by atoms with Gasteiger partial charge in [-0.2, -0.15) is 0 Å². The van der Waals surface area contributed by atoms with Crippen LogP contribution in [-0.4, -0.2) is 25.5 Å². The Kier molecular flexibility index (Phi) is 5.51. The number of methoxy groups -OCH3 is 1. The van der Waals surface area contributed by atoms with Crippen molar-refractivity contribution in [2.75, 3.05) is 7.11 Å². The monoisotopic (exact) mass is 389 g/mol. The van der Waals surface area contributed by atoms with Crippen LogP contribution in [0.25, 0.3) is 11.3 Å². The quantitative estimate of drug-likeness (QED) is 0.699. The molecule has 8 heteroatoms. The largest absolute Gasteiger partial charge is 0.497 e. The molecule has 1 aromatic heterocycles. The molecule has 0 aliphatic carbocycles. The summed E-state index contributed by atoms with van der Waals surface area (Å²) in [4.78, 5) is 8.46. The summed E-state index contributed by atoms with van der Waals surface area (Å²) >= 11 is 5.86. The molecule has 0 saturated heterocycles. The van der Waals surface area contributed by atoms with E-state index in [1.807, 2.05) is 24.3 Å². The third-order valence-electron chi connectivity index (χ3n) is 3.66. The maximum Gasteiger partial charge on any atom is 0.240 e. The Labute approximate surface area is 156 Å². The molecule has 0 unspecified atom stereocenters. The summed E-state index contributed by atoms with van der Waals surface area (Å²) in [6.07, 6.45) is 1.41. The molecule has 0 fully saturated rings. The van der Waals surface area contributed by atoms with Crippen molar-refractivity contribution in [3.05, 3.63) is 71.6 Å². The number of rotatable bonds is 6. The Bertz CT molecular complexity index is 1010. The molecule has 2 aromatic carbocycles. The highest BCUT2D eigenvalue weighted by molar-refractivity contribution is 7.89. The van der Waals surface area contributed by atoms with Gasteiger partial charge in [-0.3, -0.25) is 0 Å². The van der Waals surface area contributed by atoms with Crippen LogP contribution in [0, 0.1) is 0 Å². The fraction of sp³-hybridized carbons (Fsp3) is 0.111. The summed E-state index contributed by atoms with van der Waals surface area (Å²) in [5.41, 5.74) is 2.13. The van der Waals surface area contributed by atoms with Gasteiger partial charge in [0.15, 0.2) is 0 Å². The molecule has 3 aromatic rings. The molecule has 0 bridgehead atoms. The zero-order valence-electron chi connectivity index (χ0n) is 13.9. The van der Waals surface area contributed by atoms with Crippen molar-refractivity contribution in [2.45, 2.75) is 11.4 Å². The van der Waals surface area contributed by atoms with Crippen LogP contribution in [0.3, 0.4) is 0 Å². The smallest absolute Gasteiger partial charge is 0.240 e. The lowest BCUT2D eigenvalue weighted by Gasteiger charge is -2.08. The number of nitrogens with one attached hydrogen (secondary N) is 1. The van der Waals surface area contributed by atoms with E-state index < -0.39 is 10.0 Å². The van der Waals surface area contributed by atoms with Crippen molar-refractivity contribution in [3.63, 3.8) is 0 Å². The molecule has 1 heterocycles. The highest BCUT2D eigenvalue weighted by Crippen LogP contribution is 2.21. The Balaban J connectivity index is 1.76. The predicted octanol–water partition coefficient (Wildman–Crippen LogP) is 3.28. The van der Waals surface area contributed by atoms with Gasteiger partial charge in [-0.25, -0.2) is 23.1 Å². The van der Waals surface area contributed by atoms with Crippen LogP contribution in [-0.2, 0) is 16.6 Å². The summed E-state index contributed by atoms with van der Waals surface area (Å²) in [5, 5.41) is 0.358. The van der Waals surface area contributed by atoms with Crippen LogP contribution in [0.2, 0.25) is 5.02 Å². The van der Waals surface area contributed by atoms with E-state index in [0.717, 1.165) is 11.3 Å². The lowest BCUT2D eigenvalue weighted by atomic mass is 10.1. The van der Waals surface area contributed by atoms with E-state index in [2.05, 4.69) is 14.7 Å². The van der Waals surface area contributed by atoms with Crippen LogP contribution < -0.4 is 9.46 Å². The van der Waals surface area contributed by atoms with Gasteiger partial charge in [-0.05, 0) is 48.5 Å². The number of hydrogen-bond acceptors (Lipinski definition) is 5. The SMILES string of the molecule is COc1ccc(-c2cc(CNS(=O)(=O)c3cccc(Cl)c3)ncn2)cc1. The van der Waals surface area contributed by atoms with E-state index in [-0.39, 0.29) is 11.4 Å². The molecule has 0 saturated carbocycles. The van der Waals surface area contributed by atoms with Crippen molar-refractivity contribution in [2.24, 2.45) is 0 Å². The average molecular weight is 390 g/mol. The van der Waals surface area contributed by atoms with E-state index in [9.17, 15) is 8.42 Å². The Morgan fingerprint density at radius 1 is 1.08 bits per heavy atom. The predicted molar refractivity (Wildman–Crippen MR) is 99.5 cm³/mol. The van der Waals surface area contributed by atoms with E-state index in [0.29, 0.717) is 16.4 Å². The molecule has 0 spiro atoms. The molecule has 1 N–H and O–H groups in total. The van der Waals surface area contributed by atoms with Gasteiger partial charge in [0.1, 0.15) is 12.1 Å². The molecule has 134 valence electrons. The molecule has 0 radical (unpaired) electrons. The zero-order chi connectivity index (χ0) is 18.6. The van der Waals surface area contributed by atoms with Crippen LogP contribution >= 0.6 is 11.6 Å². The summed E-state index contributed by atoms with van der Waals surface area (Å²) < 4.78 is 32.4. The minimum absolute atomic E-state index is 0.0422. The van der Waals surface area contributed by atoms with Gasteiger partial charge in [0.05, 0.1) is 29.9 Å². The first-order chi connectivity index (χ1) is 12.5. The second-order valence-corrected chi connectivity index (χ2v) is 7.61. The van der Waals surface area contributed by atoms with Gasteiger partial charge >= 0.3 is 0 Å². The van der Waals surface area contributed by atoms with Crippen molar-refractivity contribution in [3.8, 4) is 17.0 Å². The van der Waals surface area contributed by atoms with Crippen LogP contribution in [0.1, 0.15) is 5.69 Å². The lowest BCUT2D eigenvalue weighted by molar-refractivity contribution is 0.415. The van der Waals surface area contributed by atoms with Gasteiger partial charge in [0.25, 0.3) is 0 Å². The van der Waals surface area contributed by atoms with Crippen molar-refractivity contribution in [1.29, 1.82) is 0 Å². The van der Waals surface area contributed by atoms with E-state index in [4.69, 9.17) is 16.3 Å². The number of benzene rings is 2. The van der Waals surface area contributed by atoms with Crippen LogP contribution in [0.5, 0.6) is 5.75 Å². The zero-order valence-corrected chi connectivity index (χ0v) is 15.5. The van der Waals surface area contributed by atoms with Gasteiger partial charge in [-0.1, -0.05) is 17.7 Å². The highest BCUT2D eigenvalue weighted by Gasteiger charge is 2.14. The van der Waals surface area contributed by atoms with Gasteiger partial charge in [0.2, 0.25) is 10.0 Å². The fourth-order valence-corrected chi connectivity index (χ4v) is 3.60. The minimum atomic E-state index is -3.68. The molecule has 3 rings (SSSR count). The Morgan fingerprint density at radius 2 is 1.85 bits per heavy atom. The second-order valence-electron chi connectivity index (χ2n) is 5.41. The normalized spacial score (nSPS) is 11.3. The standard InChI is InChI=1S/C18H16ClN3O3S/c1-25-16-7-5-13(6-8-16)18-10-15(20-12-21-18)11-22-26(23,24)17-4-2-3-14(19)9-17/h2-10,12,22H,11H2,1H3. The highest BCUT2D eigenvalue weighted by atomic mass is 35.5. The van der Waals surface area contributed by atoms with Crippen LogP contribution in [0.15, 0.2) is 65.8 Å². The third-order valence-corrected chi connectivity index (χ3v) is 5.29. The second kappa shape index (κ2) is 7.82. The summed E-state index contributed by atoms with van der Waals surface area (Å²) in [6, 6.07) is 15.2. The first-order valence-corrected chi connectivity index (χ1v) is 9.54. The van der Waals surface area contributed by atoms with Crippen LogP contribution in [0.4, 0.5) is 0 Å². The van der Waals surface area contributed by atoms with E-state index in [1.165, 1.54) is 18.5 Å². The number of halogens is 1. The number of hydrogen-bond donors (Lipinski definition) is 1. The first-order valence-electron chi connectivity index (χ1n) is 7.68. The topological polar surface area (TPSA) is 81.2 Å². The Morgan fingerprint density at radius 3 is 2.54 bits per heavy atom. The summed E-state index contributed by atoms with van der Waals surface area (Å²) in [5.74, 6) is 0.748. The van der Waals surface area contributed by atoms with Crippen molar-refractivity contribution < 1.29 is 13.2 Å². The molecule has 0 amide bonds. The molecular weight excluding hydrogens is 374 g/mol.